The van der Waals surface area contributed by atoms with Crippen LogP contribution < -0.4 is 0 Å². The molecule has 0 saturated carbocycles. The van der Waals surface area contributed by atoms with Crippen molar-refractivity contribution in [1.82, 2.24) is 0 Å². The van der Waals surface area contributed by atoms with Crippen LogP contribution >= 0.6 is 0 Å². The van der Waals surface area contributed by atoms with Crippen LogP contribution in [0.2, 0.25) is 0 Å². The van der Waals surface area contributed by atoms with Crippen LogP contribution in [0.1, 0.15) is 74.6 Å². The van der Waals surface area contributed by atoms with Crippen LogP contribution in [0.5, 0.6) is 0 Å². The van der Waals surface area contributed by atoms with Gasteiger partial charge in [-0.1, -0.05) is 45.2 Å². The van der Waals surface area contributed by atoms with Crippen molar-refractivity contribution in [3.05, 3.63) is 58.7 Å². The van der Waals surface area contributed by atoms with Crippen LogP contribution in [-0.4, -0.2) is 11.4 Å². The molecule has 160 valence electrons. The molecular weight excluding hydrogens is 399 g/mol. The molecule has 2 nitrogen and oxygen atoms in total. The first-order valence-electron chi connectivity index (χ1n) is 10.7. The van der Waals surface area contributed by atoms with Gasteiger partial charge in [0, 0.05) is 16.5 Å². The Morgan fingerprint density at radius 1 is 0.655 bits per heavy atom. The third-order valence-corrected chi connectivity index (χ3v) is 5.44. The predicted octanol–water partition coefficient (Wildman–Crippen LogP) is 8.14. The second kappa shape index (κ2) is 12.8. The molecule has 0 unspecified atom stereocenters. The van der Waals surface area contributed by atoms with E-state index in [4.69, 9.17) is 9.98 Å². The quantitative estimate of drug-likeness (QED) is 0.216. The first-order valence-corrected chi connectivity index (χ1v) is 10.7. The number of benzene rings is 2. The van der Waals surface area contributed by atoms with Crippen molar-refractivity contribution in [2.75, 3.05) is 0 Å². The zero-order valence-corrected chi connectivity index (χ0v) is 19.9. The van der Waals surface area contributed by atoms with Gasteiger partial charge in [0.15, 0.2) is 0 Å². The van der Waals surface area contributed by atoms with Crippen LogP contribution in [-0.2, 0) is 16.5 Å². The summed E-state index contributed by atoms with van der Waals surface area (Å²) < 4.78 is 0. The topological polar surface area (TPSA) is 24.7 Å². The predicted molar refractivity (Wildman–Crippen MR) is 125 cm³/mol. The Bertz CT molecular complexity index is 850. The van der Waals surface area contributed by atoms with Gasteiger partial charge in [-0.3, -0.25) is 9.98 Å². The molecule has 29 heavy (non-hydrogen) atoms. The molecular formula is C26H36N2Ni. The van der Waals surface area contributed by atoms with Crippen molar-refractivity contribution in [3.63, 3.8) is 0 Å². The zero-order chi connectivity index (χ0) is 20.5. The third-order valence-electron chi connectivity index (χ3n) is 5.44. The van der Waals surface area contributed by atoms with Crippen molar-refractivity contribution in [3.8, 4) is 0 Å². The third kappa shape index (κ3) is 7.90. The van der Waals surface area contributed by atoms with Crippen molar-refractivity contribution < 1.29 is 16.5 Å². The van der Waals surface area contributed by atoms with Crippen LogP contribution in [0.25, 0.3) is 0 Å². The van der Waals surface area contributed by atoms with Crippen molar-refractivity contribution in [2.24, 2.45) is 9.98 Å². The molecule has 0 N–H and O–H groups in total. The first-order chi connectivity index (χ1) is 13.4. The monoisotopic (exact) mass is 434 g/mol. The van der Waals surface area contributed by atoms with Gasteiger partial charge in [0.1, 0.15) is 0 Å². The summed E-state index contributed by atoms with van der Waals surface area (Å²) in [6, 6.07) is 12.9. The molecule has 0 aliphatic carbocycles. The maximum Gasteiger partial charge on any atom is 0.0636 e. The van der Waals surface area contributed by atoms with Crippen LogP contribution in [0, 0.1) is 27.7 Å². The number of hydrogen-bond donors (Lipinski definition) is 0. The summed E-state index contributed by atoms with van der Waals surface area (Å²) in [4.78, 5) is 10.1. The van der Waals surface area contributed by atoms with E-state index in [0.29, 0.717) is 0 Å². The number of hydrogen-bond acceptors (Lipinski definition) is 2. The SMILES string of the molecule is CCCCCCC(=N\c1ccc(C)c(C)c1)/C(CC)=N/c1ccc(C)c(C)c1.[Ni]. The largest absolute Gasteiger partial charge is 0.252 e. The van der Waals surface area contributed by atoms with Crippen LogP contribution in [0.4, 0.5) is 11.4 Å². The van der Waals surface area contributed by atoms with Crippen molar-refractivity contribution in [2.45, 2.75) is 80.1 Å². The smallest absolute Gasteiger partial charge is 0.0636 e. The normalized spacial score (nSPS) is 12.1. The van der Waals surface area contributed by atoms with Gasteiger partial charge < -0.3 is 0 Å². The summed E-state index contributed by atoms with van der Waals surface area (Å²) in [5.41, 5.74) is 9.50. The van der Waals surface area contributed by atoms with E-state index < -0.39 is 0 Å². The second-order valence-corrected chi connectivity index (χ2v) is 7.82. The van der Waals surface area contributed by atoms with Gasteiger partial charge in [0.25, 0.3) is 0 Å². The molecule has 0 saturated heterocycles. The van der Waals surface area contributed by atoms with E-state index in [0.717, 1.165) is 35.6 Å². The van der Waals surface area contributed by atoms with Crippen LogP contribution in [0.3, 0.4) is 0 Å². The van der Waals surface area contributed by atoms with Crippen LogP contribution in [0.15, 0.2) is 46.4 Å². The van der Waals surface area contributed by atoms with E-state index in [1.807, 2.05) is 0 Å². The summed E-state index contributed by atoms with van der Waals surface area (Å²) in [6.07, 6.45) is 6.84. The molecule has 3 heteroatoms. The molecule has 2 aromatic carbocycles. The summed E-state index contributed by atoms with van der Waals surface area (Å²) in [7, 11) is 0. The van der Waals surface area contributed by atoms with Gasteiger partial charge in [-0.15, -0.1) is 0 Å². The van der Waals surface area contributed by atoms with Gasteiger partial charge in [-0.25, -0.2) is 0 Å². The van der Waals surface area contributed by atoms with E-state index in [1.54, 1.807) is 0 Å². The van der Waals surface area contributed by atoms with Crippen molar-refractivity contribution >= 4 is 22.8 Å². The molecule has 0 aliphatic heterocycles. The molecule has 2 aromatic rings. The zero-order valence-electron chi connectivity index (χ0n) is 18.9. The summed E-state index contributed by atoms with van der Waals surface area (Å²) in [5, 5.41) is 0. The fraction of sp³-hybridized carbons (Fsp3) is 0.462. The minimum atomic E-state index is 0. The number of rotatable bonds is 9. The molecule has 0 amide bonds. The number of nitrogens with zero attached hydrogens (tertiary/aromatic N) is 2. The van der Waals surface area contributed by atoms with E-state index in [1.165, 1.54) is 47.9 Å². The summed E-state index contributed by atoms with van der Waals surface area (Å²) in [5.74, 6) is 0. The average molecular weight is 435 g/mol. The molecule has 0 bridgehead atoms. The average Bonchev–Trinajstić information content (AvgIpc) is 2.68. The number of unbranched alkanes of at least 4 members (excludes halogenated alkanes) is 3. The Balaban J connectivity index is 0.00000420. The fourth-order valence-electron chi connectivity index (χ4n) is 3.23. The van der Waals surface area contributed by atoms with Gasteiger partial charge in [0.05, 0.1) is 22.8 Å². The van der Waals surface area contributed by atoms with E-state index in [2.05, 4.69) is 77.9 Å². The van der Waals surface area contributed by atoms with Gasteiger partial charge in [-0.2, -0.15) is 0 Å². The van der Waals surface area contributed by atoms with Crippen molar-refractivity contribution in [1.29, 1.82) is 0 Å². The molecule has 0 radical (unpaired) electrons. The molecule has 0 spiro atoms. The number of aryl methyl sites for hydroxylation is 4. The Morgan fingerprint density at radius 3 is 1.62 bits per heavy atom. The molecule has 0 fully saturated rings. The molecule has 0 aromatic heterocycles. The van der Waals surface area contributed by atoms with E-state index >= 15 is 0 Å². The summed E-state index contributed by atoms with van der Waals surface area (Å²) in [6.45, 7) is 13.0. The van der Waals surface area contributed by atoms with Gasteiger partial charge in [-0.05, 0) is 93.5 Å². The number of aliphatic imine (C=N–C) groups is 2. The molecule has 0 aliphatic rings. The van der Waals surface area contributed by atoms with Gasteiger partial charge >= 0.3 is 0 Å². The molecule has 2 rings (SSSR count). The molecule has 0 atom stereocenters. The maximum atomic E-state index is 5.05. The van der Waals surface area contributed by atoms with E-state index in [-0.39, 0.29) is 16.5 Å². The standard InChI is InChI=1S/C26H36N2.Ni/c1-7-9-10-11-12-26(28-24-16-14-20(4)22(6)18-24)25(8-2)27-23-15-13-19(3)21(5)17-23;/h13-18H,7-12H2,1-6H3;/b27-25+,28-26+;. The van der Waals surface area contributed by atoms with Gasteiger partial charge in [0.2, 0.25) is 0 Å². The second-order valence-electron chi connectivity index (χ2n) is 7.82. The fourth-order valence-corrected chi connectivity index (χ4v) is 3.23. The minimum absolute atomic E-state index is 0. The maximum absolute atomic E-state index is 5.05. The Kier molecular flexibility index (Phi) is 11.1. The van der Waals surface area contributed by atoms with E-state index in [9.17, 15) is 0 Å². The Hall–Kier alpha value is -1.73. The summed E-state index contributed by atoms with van der Waals surface area (Å²) >= 11 is 0. The Morgan fingerprint density at radius 2 is 1.17 bits per heavy atom. The molecule has 0 heterocycles. The Labute approximate surface area is 187 Å². The minimum Gasteiger partial charge on any atom is -0.252 e. The first kappa shape index (κ1) is 25.3.